The van der Waals surface area contributed by atoms with Gasteiger partial charge in [0.1, 0.15) is 6.04 Å². The van der Waals surface area contributed by atoms with Gasteiger partial charge in [-0.2, -0.15) is 0 Å². The maximum atomic E-state index is 12.8. The Balaban J connectivity index is 2.08. The van der Waals surface area contributed by atoms with Gasteiger partial charge in [0.05, 0.1) is 12.7 Å². The molecule has 2 atom stereocenters. The number of nitrogens with zero attached hydrogens (tertiary/aromatic N) is 1. The van der Waals surface area contributed by atoms with E-state index < -0.39 is 6.04 Å². The Morgan fingerprint density at radius 1 is 1.33 bits per heavy atom. The Morgan fingerprint density at radius 2 is 2.00 bits per heavy atom. The second kappa shape index (κ2) is 8.49. The van der Waals surface area contributed by atoms with E-state index in [1.54, 1.807) is 29.2 Å². The molecule has 1 heterocycles. The third-order valence-corrected chi connectivity index (χ3v) is 4.22. The number of halogens is 1. The van der Waals surface area contributed by atoms with Gasteiger partial charge in [0.2, 0.25) is 5.91 Å². The highest BCUT2D eigenvalue weighted by Gasteiger charge is 2.29. The minimum absolute atomic E-state index is 0.0226. The molecule has 1 fully saturated rings. The van der Waals surface area contributed by atoms with Gasteiger partial charge in [-0.25, -0.2) is 0 Å². The summed E-state index contributed by atoms with van der Waals surface area (Å²) in [6.45, 7) is 7.68. The molecule has 2 rings (SSSR count). The Kier molecular flexibility index (Phi) is 6.63. The number of benzene rings is 1. The quantitative estimate of drug-likeness (QED) is 0.886. The molecule has 1 N–H and O–H groups in total. The van der Waals surface area contributed by atoms with E-state index in [4.69, 9.17) is 16.3 Å². The van der Waals surface area contributed by atoms with Crippen molar-refractivity contribution in [3.63, 3.8) is 0 Å². The van der Waals surface area contributed by atoms with Crippen molar-refractivity contribution in [1.82, 2.24) is 10.2 Å². The van der Waals surface area contributed by atoms with Gasteiger partial charge >= 0.3 is 0 Å². The molecule has 1 aliphatic rings. The van der Waals surface area contributed by atoms with Crippen LogP contribution in [0.15, 0.2) is 24.3 Å². The largest absolute Gasteiger partial charge is 0.375 e. The lowest BCUT2D eigenvalue weighted by molar-refractivity contribution is -0.140. The molecule has 0 aromatic heterocycles. The van der Waals surface area contributed by atoms with Crippen LogP contribution in [0.1, 0.15) is 37.6 Å². The van der Waals surface area contributed by atoms with Crippen molar-refractivity contribution in [1.29, 1.82) is 0 Å². The molecule has 6 heteroatoms. The SMILES string of the molecule is CC(C)CC(NC(=O)c1ccc(Cl)cc1)C(=O)N1CCOC(C)C1. The number of amides is 2. The average molecular weight is 353 g/mol. The normalized spacial score (nSPS) is 19.2. The third kappa shape index (κ3) is 5.21. The number of rotatable bonds is 5. The fraction of sp³-hybridized carbons (Fsp3) is 0.556. The van der Waals surface area contributed by atoms with Gasteiger partial charge in [0, 0.05) is 23.7 Å². The number of morpholine rings is 1. The van der Waals surface area contributed by atoms with Crippen LogP contribution in [-0.4, -0.2) is 48.6 Å². The van der Waals surface area contributed by atoms with Gasteiger partial charge in [0.25, 0.3) is 5.91 Å². The maximum absolute atomic E-state index is 12.8. The molecule has 1 saturated heterocycles. The zero-order chi connectivity index (χ0) is 17.7. The van der Waals surface area contributed by atoms with Gasteiger partial charge < -0.3 is 15.0 Å². The van der Waals surface area contributed by atoms with Gasteiger partial charge in [-0.05, 0) is 43.5 Å². The molecule has 1 aromatic carbocycles. The zero-order valence-electron chi connectivity index (χ0n) is 14.4. The first kappa shape index (κ1) is 18.7. The summed E-state index contributed by atoms with van der Waals surface area (Å²) in [6, 6.07) is 6.12. The van der Waals surface area contributed by atoms with E-state index in [1.165, 1.54) is 0 Å². The van der Waals surface area contributed by atoms with Gasteiger partial charge in [-0.1, -0.05) is 25.4 Å². The predicted octanol–water partition coefficient (Wildman–Crippen LogP) is 2.73. The summed E-state index contributed by atoms with van der Waals surface area (Å²) < 4.78 is 5.49. The summed E-state index contributed by atoms with van der Waals surface area (Å²) in [5.74, 6) is -0.00364. The van der Waals surface area contributed by atoms with Crippen molar-refractivity contribution in [2.75, 3.05) is 19.7 Å². The summed E-state index contributed by atoms with van der Waals surface area (Å²) in [7, 11) is 0. The van der Waals surface area contributed by atoms with Crippen molar-refractivity contribution in [2.24, 2.45) is 5.92 Å². The van der Waals surface area contributed by atoms with Crippen molar-refractivity contribution in [3.8, 4) is 0 Å². The third-order valence-electron chi connectivity index (χ3n) is 3.97. The molecule has 1 aliphatic heterocycles. The molecule has 0 radical (unpaired) electrons. The van der Waals surface area contributed by atoms with Gasteiger partial charge in [-0.3, -0.25) is 9.59 Å². The number of hydrogen-bond acceptors (Lipinski definition) is 3. The fourth-order valence-corrected chi connectivity index (χ4v) is 2.90. The monoisotopic (exact) mass is 352 g/mol. The number of carbonyl (C=O) groups excluding carboxylic acids is 2. The molecule has 0 bridgehead atoms. The molecule has 2 unspecified atom stereocenters. The minimum atomic E-state index is -0.529. The predicted molar refractivity (Wildman–Crippen MR) is 94.2 cm³/mol. The molecular formula is C18H25ClN2O3. The van der Waals surface area contributed by atoms with E-state index in [0.29, 0.717) is 42.6 Å². The molecule has 0 saturated carbocycles. The molecular weight excluding hydrogens is 328 g/mol. The Hall–Kier alpha value is -1.59. The number of carbonyl (C=O) groups is 2. The summed E-state index contributed by atoms with van der Waals surface area (Å²) >= 11 is 5.85. The molecule has 0 aliphatic carbocycles. The Bertz CT molecular complexity index is 574. The second-order valence-electron chi connectivity index (χ2n) is 6.63. The maximum Gasteiger partial charge on any atom is 0.251 e. The Morgan fingerprint density at radius 3 is 2.58 bits per heavy atom. The highest BCUT2D eigenvalue weighted by atomic mass is 35.5. The van der Waals surface area contributed by atoms with Crippen molar-refractivity contribution in [2.45, 2.75) is 39.3 Å². The second-order valence-corrected chi connectivity index (χ2v) is 7.06. The van der Waals surface area contributed by atoms with Crippen molar-refractivity contribution >= 4 is 23.4 Å². The van der Waals surface area contributed by atoms with Gasteiger partial charge in [-0.15, -0.1) is 0 Å². The highest BCUT2D eigenvalue weighted by molar-refractivity contribution is 6.30. The molecule has 1 aromatic rings. The summed E-state index contributed by atoms with van der Waals surface area (Å²) in [5, 5.41) is 3.45. The van der Waals surface area contributed by atoms with Crippen LogP contribution < -0.4 is 5.32 Å². The lowest BCUT2D eigenvalue weighted by atomic mass is 10.0. The van der Waals surface area contributed by atoms with E-state index in [2.05, 4.69) is 5.32 Å². The first-order valence-corrected chi connectivity index (χ1v) is 8.71. The topological polar surface area (TPSA) is 58.6 Å². The van der Waals surface area contributed by atoms with Crippen molar-refractivity contribution < 1.29 is 14.3 Å². The first-order chi connectivity index (χ1) is 11.4. The summed E-state index contributed by atoms with van der Waals surface area (Å²) in [6.07, 6.45) is 0.624. The van der Waals surface area contributed by atoms with Crippen LogP contribution in [0.4, 0.5) is 0 Å². The standard InChI is InChI=1S/C18H25ClN2O3/c1-12(2)10-16(18(23)21-8-9-24-13(3)11-21)20-17(22)14-4-6-15(19)7-5-14/h4-7,12-13,16H,8-11H2,1-3H3,(H,20,22). The summed E-state index contributed by atoms with van der Waals surface area (Å²) in [4.78, 5) is 27.1. The van der Waals surface area contributed by atoms with Crippen LogP contribution in [0, 0.1) is 5.92 Å². The molecule has 24 heavy (non-hydrogen) atoms. The van der Waals surface area contributed by atoms with Crippen molar-refractivity contribution in [3.05, 3.63) is 34.9 Å². The van der Waals surface area contributed by atoms with Crippen LogP contribution in [0.2, 0.25) is 5.02 Å². The molecule has 0 spiro atoms. The zero-order valence-corrected chi connectivity index (χ0v) is 15.2. The van der Waals surface area contributed by atoms with Crippen LogP contribution in [0.3, 0.4) is 0 Å². The first-order valence-electron chi connectivity index (χ1n) is 8.33. The van der Waals surface area contributed by atoms with E-state index in [-0.39, 0.29) is 17.9 Å². The van der Waals surface area contributed by atoms with E-state index in [0.717, 1.165) is 0 Å². The van der Waals surface area contributed by atoms with Crippen LogP contribution in [0.25, 0.3) is 0 Å². The lowest BCUT2D eigenvalue weighted by Gasteiger charge is -2.34. The molecule has 2 amide bonds. The van der Waals surface area contributed by atoms with E-state index >= 15 is 0 Å². The lowest BCUT2D eigenvalue weighted by Crippen LogP contribution is -2.53. The number of ether oxygens (including phenoxy) is 1. The van der Waals surface area contributed by atoms with Gasteiger partial charge in [0.15, 0.2) is 0 Å². The number of nitrogens with one attached hydrogen (secondary N) is 1. The van der Waals surface area contributed by atoms with Crippen LogP contribution in [0.5, 0.6) is 0 Å². The molecule has 132 valence electrons. The summed E-state index contributed by atoms with van der Waals surface area (Å²) in [5.41, 5.74) is 0.497. The molecule has 5 nitrogen and oxygen atoms in total. The average Bonchev–Trinajstić information content (AvgIpc) is 2.53. The van der Waals surface area contributed by atoms with Crippen LogP contribution in [-0.2, 0) is 9.53 Å². The van der Waals surface area contributed by atoms with E-state index in [9.17, 15) is 9.59 Å². The smallest absolute Gasteiger partial charge is 0.251 e. The Labute approximate surface area is 148 Å². The number of hydrogen-bond donors (Lipinski definition) is 1. The van der Waals surface area contributed by atoms with Crippen LogP contribution >= 0.6 is 11.6 Å². The van der Waals surface area contributed by atoms with E-state index in [1.807, 2.05) is 20.8 Å². The highest BCUT2D eigenvalue weighted by Crippen LogP contribution is 2.14. The fourth-order valence-electron chi connectivity index (χ4n) is 2.77. The minimum Gasteiger partial charge on any atom is -0.375 e.